The number of fused-ring (bicyclic) bond motifs is 1. The minimum atomic E-state index is 0.218. The molecule has 2 atom stereocenters. The zero-order chi connectivity index (χ0) is 14.2. The van der Waals surface area contributed by atoms with E-state index in [0.29, 0.717) is 5.92 Å². The second-order valence-electron chi connectivity index (χ2n) is 6.45. The first-order valence-electron chi connectivity index (χ1n) is 8.00. The molecule has 2 aromatic rings. The van der Waals surface area contributed by atoms with E-state index in [2.05, 4.69) is 54.0 Å². The zero-order valence-electron chi connectivity index (χ0n) is 12.3. The summed E-state index contributed by atoms with van der Waals surface area (Å²) in [6.07, 6.45) is 5.22. The lowest BCUT2D eigenvalue weighted by Gasteiger charge is -2.36. The Kier molecular flexibility index (Phi) is 3.28. The van der Waals surface area contributed by atoms with Gasteiger partial charge in [0, 0.05) is 5.92 Å². The standard InChI is InChI=1S/C19H22N2/c20-21-19(18-12-16-4-1-2-7-17(16)18)15-10-8-14(9-11-15)13-5-3-6-13/h1-2,4,7-11,13,18-19,21H,3,5-6,12,20H2. The highest BCUT2D eigenvalue weighted by Crippen LogP contribution is 2.43. The van der Waals surface area contributed by atoms with E-state index in [4.69, 9.17) is 5.84 Å². The Morgan fingerprint density at radius 3 is 2.38 bits per heavy atom. The van der Waals surface area contributed by atoms with E-state index in [1.165, 1.54) is 41.5 Å². The predicted octanol–water partition coefficient (Wildman–Crippen LogP) is 3.80. The molecule has 0 spiro atoms. The molecule has 0 aromatic heterocycles. The van der Waals surface area contributed by atoms with Gasteiger partial charge in [0.15, 0.2) is 0 Å². The van der Waals surface area contributed by atoms with Crippen LogP contribution in [0.4, 0.5) is 0 Å². The van der Waals surface area contributed by atoms with Crippen molar-refractivity contribution >= 4 is 0 Å². The van der Waals surface area contributed by atoms with Gasteiger partial charge in [0.25, 0.3) is 0 Å². The van der Waals surface area contributed by atoms with Crippen LogP contribution < -0.4 is 11.3 Å². The van der Waals surface area contributed by atoms with Crippen LogP contribution in [-0.4, -0.2) is 0 Å². The Labute approximate surface area is 126 Å². The molecule has 2 nitrogen and oxygen atoms in total. The van der Waals surface area contributed by atoms with Gasteiger partial charge < -0.3 is 0 Å². The molecule has 21 heavy (non-hydrogen) atoms. The molecule has 2 heteroatoms. The summed E-state index contributed by atoms with van der Waals surface area (Å²) in [5.74, 6) is 7.16. The SMILES string of the molecule is NNC(c1ccc(C2CCC2)cc1)C1Cc2ccccc21. The second-order valence-corrected chi connectivity index (χ2v) is 6.45. The average Bonchev–Trinajstić information content (AvgIpc) is 2.44. The molecule has 108 valence electrons. The fourth-order valence-electron chi connectivity index (χ4n) is 3.76. The van der Waals surface area contributed by atoms with Crippen LogP contribution in [0.1, 0.15) is 59.4 Å². The summed E-state index contributed by atoms with van der Waals surface area (Å²) in [5, 5.41) is 0. The third kappa shape index (κ3) is 2.19. The van der Waals surface area contributed by atoms with Gasteiger partial charge in [-0.1, -0.05) is 55.0 Å². The number of hydrogen-bond donors (Lipinski definition) is 2. The van der Waals surface area contributed by atoms with E-state index in [0.717, 1.165) is 12.3 Å². The summed E-state index contributed by atoms with van der Waals surface area (Å²) in [7, 11) is 0. The van der Waals surface area contributed by atoms with Crippen LogP contribution in [0.15, 0.2) is 48.5 Å². The van der Waals surface area contributed by atoms with Gasteiger partial charge in [-0.05, 0) is 47.4 Å². The van der Waals surface area contributed by atoms with E-state index in [9.17, 15) is 0 Å². The molecule has 0 amide bonds. The molecular formula is C19H22N2. The van der Waals surface area contributed by atoms with Crippen LogP contribution in [0.5, 0.6) is 0 Å². The van der Waals surface area contributed by atoms with Gasteiger partial charge in [-0.2, -0.15) is 0 Å². The molecule has 0 saturated heterocycles. The van der Waals surface area contributed by atoms with E-state index < -0.39 is 0 Å². The van der Waals surface area contributed by atoms with Crippen LogP contribution in [0.25, 0.3) is 0 Å². The number of nitrogens with two attached hydrogens (primary N) is 1. The largest absolute Gasteiger partial charge is 0.271 e. The number of hydrazine groups is 1. The number of nitrogens with one attached hydrogen (secondary N) is 1. The zero-order valence-corrected chi connectivity index (χ0v) is 12.3. The molecule has 2 unspecified atom stereocenters. The smallest absolute Gasteiger partial charge is 0.0531 e. The summed E-state index contributed by atoms with van der Waals surface area (Å²) < 4.78 is 0. The summed E-state index contributed by atoms with van der Waals surface area (Å²) in [5.41, 5.74) is 8.75. The van der Waals surface area contributed by atoms with Gasteiger partial charge in [-0.25, -0.2) is 0 Å². The monoisotopic (exact) mass is 278 g/mol. The number of hydrogen-bond acceptors (Lipinski definition) is 2. The molecular weight excluding hydrogens is 256 g/mol. The van der Waals surface area contributed by atoms with E-state index in [1.54, 1.807) is 0 Å². The van der Waals surface area contributed by atoms with Crippen molar-refractivity contribution in [3.05, 3.63) is 70.8 Å². The highest BCUT2D eigenvalue weighted by molar-refractivity contribution is 5.43. The van der Waals surface area contributed by atoms with E-state index in [-0.39, 0.29) is 6.04 Å². The molecule has 4 rings (SSSR count). The Morgan fingerprint density at radius 2 is 1.76 bits per heavy atom. The quantitative estimate of drug-likeness (QED) is 0.659. The molecule has 1 fully saturated rings. The Balaban J connectivity index is 1.56. The van der Waals surface area contributed by atoms with Crippen LogP contribution in [-0.2, 0) is 6.42 Å². The first-order valence-corrected chi connectivity index (χ1v) is 8.00. The summed E-state index contributed by atoms with van der Waals surface area (Å²) >= 11 is 0. The van der Waals surface area contributed by atoms with Crippen LogP contribution >= 0.6 is 0 Å². The third-order valence-corrected chi connectivity index (χ3v) is 5.35. The van der Waals surface area contributed by atoms with Crippen LogP contribution in [0, 0.1) is 0 Å². The second kappa shape index (κ2) is 5.28. The fourth-order valence-corrected chi connectivity index (χ4v) is 3.76. The van der Waals surface area contributed by atoms with Crippen molar-refractivity contribution in [2.45, 2.75) is 43.6 Å². The molecule has 2 aliphatic carbocycles. The summed E-state index contributed by atoms with van der Waals surface area (Å²) in [6, 6.07) is 18.0. The highest BCUT2D eigenvalue weighted by Gasteiger charge is 2.33. The van der Waals surface area contributed by atoms with Crippen molar-refractivity contribution in [2.24, 2.45) is 5.84 Å². The Morgan fingerprint density at radius 1 is 1.00 bits per heavy atom. The van der Waals surface area contributed by atoms with Crippen molar-refractivity contribution in [2.75, 3.05) is 0 Å². The van der Waals surface area contributed by atoms with Crippen LogP contribution in [0.2, 0.25) is 0 Å². The highest BCUT2D eigenvalue weighted by atomic mass is 15.2. The first kappa shape index (κ1) is 13.1. The molecule has 2 aromatic carbocycles. The maximum atomic E-state index is 5.86. The normalized spacial score (nSPS) is 22.0. The molecule has 3 N–H and O–H groups in total. The topological polar surface area (TPSA) is 38.0 Å². The number of benzene rings is 2. The van der Waals surface area contributed by atoms with Crippen molar-refractivity contribution in [1.82, 2.24) is 5.43 Å². The minimum absolute atomic E-state index is 0.218. The minimum Gasteiger partial charge on any atom is -0.271 e. The first-order chi connectivity index (χ1) is 10.4. The van der Waals surface area contributed by atoms with Crippen LogP contribution in [0.3, 0.4) is 0 Å². The molecule has 0 aliphatic heterocycles. The van der Waals surface area contributed by atoms with Crippen molar-refractivity contribution in [3.8, 4) is 0 Å². The lowest BCUT2D eigenvalue weighted by Crippen LogP contribution is -2.37. The fraction of sp³-hybridized carbons (Fsp3) is 0.368. The van der Waals surface area contributed by atoms with Crippen molar-refractivity contribution in [3.63, 3.8) is 0 Å². The van der Waals surface area contributed by atoms with Crippen molar-refractivity contribution in [1.29, 1.82) is 0 Å². The average molecular weight is 278 g/mol. The van der Waals surface area contributed by atoms with Gasteiger partial charge >= 0.3 is 0 Å². The van der Waals surface area contributed by atoms with Crippen molar-refractivity contribution < 1.29 is 0 Å². The van der Waals surface area contributed by atoms with E-state index in [1.807, 2.05) is 0 Å². The number of rotatable bonds is 4. The Bertz CT molecular complexity index is 628. The molecule has 0 heterocycles. The predicted molar refractivity (Wildman–Crippen MR) is 86.0 cm³/mol. The van der Waals surface area contributed by atoms with Gasteiger partial charge in [0.1, 0.15) is 0 Å². The maximum absolute atomic E-state index is 5.86. The van der Waals surface area contributed by atoms with E-state index >= 15 is 0 Å². The summed E-state index contributed by atoms with van der Waals surface area (Å²) in [6.45, 7) is 0. The van der Waals surface area contributed by atoms with Gasteiger partial charge in [-0.15, -0.1) is 0 Å². The summed E-state index contributed by atoms with van der Waals surface area (Å²) in [4.78, 5) is 0. The maximum Gasteiger partial charge on any atom is 0.0531 e. The lowest BCUT2D eigenvalue weighted by molar-refractivity contribution is 0.414. The Hall–Kier alpha value is -1.64. The molecule has 2 aliphatic rings. The molecule has 0 radical (unpaired) electrons. The lowest BCUT2D eigenvalue weighted by atomic mass is 9.71. The molecule has 1 saturated carbocycles. The van der Waals surface area contributed by atoms with Gasteiger partial charge in [0.2, 0.25) is 0 Å². The van der Waals surface area contributed by atoms with Gasteiger partial charge in [0.05, 0.1) is 6.04 Å². The molecule has 0 bridgehead atoms. The third-order valence-electron chi connectivity index (χ3n) is 5.35. The van der Waals surface area contributed by atoms with Gasteiger partial charge in [-0.3, -0.25) is 11.3 Å².